The number of carbonyl (C=O) groups is 1. The number of hydrogen-bond donors (Lipinski definition) is 1. The number of rotatable bonds is 7. The summed E-state index contributed by atoms with van der Waals surface area (Å²) in [7, 11) is 3.20. The molecule has 1 heterocycles. The number of carbonyl (C=O) groups excluding carboxylic acids is 1. The fourth-order valence-electron chi connectivity index (χ4n) is 2.26. The van der Waals surface area contributed by atoms with Crippen LogP contribution in [0.2, 0.25) is 0 Å². The average molecular weight is 309 g/mol. The molecule has 1 aromatic rings. The van der Waals surface area contributed by atoms with E-state index >= 15 is 0 Å². The standard InChI is InChI=1S/C16H23NO5/c1-19-14-5-3-12(9-15(14)20-2)4-6-16(18)17-10-13-11-21-7-8-22-13/h3,5,9,13H,4,6-8,10-11H2,1-2H3,(H,17,18)/t13-/m0/s1. The van der Waals surface area contributed by atoms with Crippen molar-refractivity contribution in [1.82, 2.24) is 5.32 Å². The van der Waals surface area contributed by atoms with Crippen molar-refractivity contribution in [3.8, 4) is 11.5 Å². The Morgan fingerprint density at radius 3 is 2.77 bits per heavy atom. The summed E-state index contributed by atoms with van der Waals surface area (Å²) >= 11 is 0. The third-order valence-electron chi connectivity index (χ3n) is 3.50. The van der Waals surface area contributed by atoms with E-state index in [0.29, 0.717) is 50.7 Å². The van der Waals surface area contributed by atoms with Gasteiger partial charge in [-0.05, 0) is 24.1 Å². The minimum absolute atomic E-state index is 0.00367. The van der Waals surface area contributed by atoms with Gasteiger partial charge >= 0.3 is 0 Å². The second-order valence-corrected chi connectivity index (χ2v) is 5.06. The molecule has 2 rings (SSSR count). The summed E-state index contributed by atoms with van der Waals surface area (Å²) in [5.74, 6) is 1.36. The Kier molecular flexibility index (Phi) is 6.48. The zero-order chi connectivity index (χ0) is 15.8. The van der Waals surface area contributed by atoms with Crippen molar-refractivity contribution in [2.45, 2.75) is 18.9 Å². The van der Waals surface area contributed by atoms with Crippen LogP contribution in [-0.2, 0) is 20.7 Å². The predicted octanol–water partition coefficient (Wildman–Crippen LogP) is 1.17. The van der Waals surface area contributed by atoms with E-state index < -0.39 is 0 Å². The van der Waals surface area contributed by atoms with Crippen molar-refractivity contribution in [3.05, 3.63) is 23.8 Å². The van der Waals surface area contributed by atoms with Crippen molar-refractivity contribution in [3.63, 3.8) is 0 Å². The lowest BCUT2D eigenvalue weighted by atomic mass is 10.1. The molecular weight excluding hydrogens is 286 g/mol. The number of benzene rings is 1. The summed E-state index contributed by atoms with van der Waals surface area (Å²) in [6, 6.07) is 5.68. The molecule has 1 atom stereocenters. The second-order valence-electron chi connectivity index (χ2n) is 5.06. The maximum atomic E-state index is 11.9. The number of nitrogens with one attached hydrogen (secondary N) is 1. The molecule has 1 N–H and O–H groups in total. The Bertz CT molecular complexity index is 485. The smallest absolute Gasteiger partial charge is 0.220 e. The molecule has 1 aliphatic rings. The van der Waals surface area contributed by atoms with Crippen LogP contribution in [0.1, 0.15) is 12.0 Å². The zero-order valence-electron chi connectivity index (χ0n) is 13.1. The normalized spacial score (nSPS) is 17.8. The lowest BCUT2D eigenvalue weighted by molar-refractivity contribution is -0.123. The van der Waals surface area contributed by atoms with Crippen molar-refractivity contribution in [1.29, 1.82) is 0 Å². The van der Waals surface area contributed by atoms with E-state index in [1.54, 1.807) is 14.2 Å². The topological polar surface area (TPSA) is 66.0 Å². The molecule has 22 heavy (non-hydrogen) atoms. The van der Waals surface area contributed by atoms with Crippen LogP contribution >= 0.6 is 0 Å². The third-order valence-corrected chi connectivity index (χ3v) is 3.50. The molecule has 0 aliphatic carbocycles. The summed E-state index contributed by atoms with van der Waals surface area (Å²) in [6.07, 6.45) is 1.02. The van der Waals surface area contributed by atoms with E-state index in [1.807, 2.05) is 18.2 Å². The Morgan fingerprint density at radius 1 is 1.27 bits per heavy atom. The third kappa shape index (κ3) is 4.89. The second kappa shape index (κ2) is 8.60. The molecule has 1 amide bonds. The van der Waals surface area contributed by atoms with Gasteiger partial charge in [0.25, 0.3) is 0 Å². The Morgan fingerprint density at radius 2 is 2.09 bits per heavy atom. The maximum absolute atomic E-state index is 11.9. The van der Waals surface area contributed by atoms with Gasteiger partial charge in [-0.3, -0.25) is 4.79 Å². The van der Waals surface area contributed by atoms with Crippen LogP contribution in [0.4, 0.5) is 0 Å². The highest BCUT2D eigenvalue weighted by atomic mass is 16.6. The maximum Gasteiger partial charge on any atom is 0.220 e. The number of aryl methyl sites for hydroxylation is 1. The van der Waals surface area contributed by atoms with Gasteiger partial charge in [-0.2, -0.15) is 0 Å². The summed E-state index contributed by atoms with van der Waals surface area (Å²) in [4.78, 5) is 11.9. The Labute approximate surface area is 130 Å². The molecule has 0 saturated carbocycles. The highest BCUT2D eigenvalue weighted by molar-refractivity contribution is 5.76. The fraction of sp³-hybridized carbons (Fsp3) is 0.562. The quantitative estimate of drug-likeness (QED) is 0.819. The van der Waals surface area contributed by atoms with Gasteiger partial charge in [-0.1, -0.05) is 6.07 Å². The molecule has 1 saturated heterocycles. The fourth-order valence-corrected chi connectivity index (χ4v) is 2.26. The van der Waals surface area contributed by atoms with Crippen molar-refractivity contribution < 1.29 is 23.7 Å². The lowest BCUT2D eigenvalue weighted by Crippen LogP contribution is -2.39. The van der Waals surface area contributed by atoms with Gasteiger partial charge in [0.05, 0.1) is 40.1 Å². The molecule has 6 heteroatoms. The molecule has 0 spiro atoms. The van der Waals surface area contributed by atoms with Crippen molar-refractivity contribution >= 4 is 5.91 Å². The molecule has 1 aliphatic heterocycles. The van der Waals surface area contributed by atoms with Crippen LogP contribution in [0.25, 0.3) is 0 Å². The molecule has 6 nitrogen and oxygen atoms in total. The SMILES string of the molecule is COc1ccc(CCC(=O)NC[C@H]2COCCO2)cc1OC. The minimum atomic E-state index is -0.0428. The van der Waals surface area contributed by atoms with Gasteiger partial charge in [0.2, 0.25) is 5.91 Å². The summed E-state index contributed by atoms with van der Waals surface area (Å²) < 4.78 is 21.2. The summed E-state index contributed by atoms with van der Waals surface area (Å²) in [6.45, 7) is 2.25. The van der Waals surface area contributed by atoms with Crippen molar-refractivity contribution in [2.24, 2.45) is 0 Å². The van der Waals surface area contributed by atoms with E-state index in [2.05, 4.69) is 5.32 Å². The molecule has 0 aromatic heterocycles. The summed E-state index contributed by atoms with van der Waals surface area (Å²) in [5.41, 5.74) is 1.03. The van der Waals surface area contributed by atoms with Gasteiger partial charge in [0.1, 0.15) is 0 Å². The predicted molar refractivity (Wildman–Crippen MR) is 81.4 cm³/mol. The number of amides is 1. The van der Waals surface area contributed by atoms with Crippen LogP contribution in [0.5, 0.6) is 11.5 Å². The van der Waals surface area contributed by atoms with Gasteiger partial charge < -0.3 is 24.3 Å². The molecular formula is C16H23NO5. The van der Waals surface area contributed by atoms with Crippen molar-refractivity contribution in [2.75, 3.05) is 40.6 Å². The van der Waals surface area contributed by atoms with E-state index in [-0.39, 0.29) is 12.0 Å². The molecule has 1 aromatic carbocycles. The molecule has 0 radical (unpaired) electrons. The van der Waals surface area contributed by atoms with E-state index in [0.717, 1.165) is 5.56 Å². The van der Waals surface area contributed by atoms with Crippen LogP contribution in [0, 0.1) is 0 Å². The van der Waals surface area contributed by atoms with Crippen LogP contribution < -0.4 is 14.8 Å². The largest absolute Gasteiger partial charge is 0.493 e. The Balaban J connectivity index is 1.75. The van der Waals surface area contributed by atoms with Gasteiger partial charge in [0, 0.05) is 13.0 Å². The summed E-state index contributed by atoms with van der Waals surface area (Å²) in [5, 5.41) is 2.87. The lowest BCUT2D eigenvalue weighted by Gasteiger charge is -2.23. The van der Waals surface area contributed by atoms with Gasteiger partial charge in [-0.25, -0.2) is 0 Å². The van der Waals surface area contributed by atoms with E-state index in [1.165, 1.54) is 0 Å². The van der Waals surface area contributed by atoms with Crippen LogP contribution in [0.15, 0.2) is 18.2 Å². The minimum Gasteiger partial charge on any atom is -0.493 e. The first-order chi connectivity index (χ1) is 10.7. The van der Waals surface area contributed by atoms with E-state index in [4.69, 9.17) is 18.9 Å². The van der Waals surface area contributed by atoms with Gasteiger partial charge in [0.15, 0.2) is 11.5 Å². The highest BCUT2D eigenvalue weighted by Crippen LogP contribution is 2.27. The molecule has 0 bridgehead atoms. The van der Waals surface area contributed by atoms with Crippen LogP contribution in [0.3, 0.4) is 0 Å². The Hall–Kier alpha value is -1.79. The first-order valence-electron chi connectivity index (χ1n) is 7.40. The molecule has 1 fully saturated rings. The first-order valence-corrected chi connectivity index (χ1v) is 7.40. The van der Waals surface area contributed by atoms with Crippen LogP contribution in [-0.4, -0.2) is 52.6 Å². The number of hydrogen-bond acceptors (Lipinski definition) is 5. The first kappa shape index (κ1) is 16.6. The monoisotopic (exact) mass is 309 g/mol. The highest BCUT2D eigenvalue weighted by Gasteiger charge is 2.15. The number of ether oxygens (including phenoxy) is 4. The molecule has 122 valence electrons. The van der Waals surface area contributed by atoms with E-state index in [9.17, 15) is 4.79 Å². The molecule has 0 unspecified atom stereocenters. The zero-order valence-corrected chi connectivity index (χ0v) is 13.1. The average Bonchev–Trinajstić information content (AvgIpc) is 2.58. The van der Waals surface area contributed by atoms with Gasteiger partial charge in [-0.15, -0.1) is 0 Å². The number of methoxy groups -OCH3 is 2.